The maximum atomic E-state index is 12.8. The third-order valence-electron chi connectivity index (χ3n) is 3.20. The van der Waals surface area contributed by atoms with E-state index in [1.54, 1.807) is 19.1 Å². The van der Waals surface area contributed by atoms with Gasteiger partial charge in [-0.2, -0.15) is 18.2 Å². The van der Waals surface area contributed by atoms with Crippen LogP contribution >= 0.6 is 11.6 Å². The maximum absolute atomic E-state index is 12.8. The van der Waals surface area contributed by atoms with Crippen LogP contribution in [0.2, 0.25) is 5.15 Å². The molecule has 0 amide bonds. The lowest BCUT2D eigenvalue weighted by molar-refractivity contribution is -0.137. The van der Waals surface area contributed by atoms with Crippen molar-refractivity contribution in [3.63, 3.8) is 0 Å². The number of benzene rings is 1. The minimum absolute atomic E-state index is 0.0353. The van der Waals surface area contributed by atoms with Crippen molar-refractivity contribution in [3.8, 4) is 23.0 Å². The fourth-order valence-corrected chi connectivity index (χ4v) is 2.20. The number of alkyl halides is 3. The Morgan fingerprint density at radius 1 is 1.04 bits per heavy atom. The number of pyridine rings is 1. The van der Waals surface area contributed by atoms with E-state index in [4.69, 9.17) is 16.3 Å². The van der Waals surface area contributed by atoms with E-state index in [-0.39, 0.29) is 11.6 Å². The Morgan fingerprint density at radius 3 is 2.52 bits per heavy atom. The van der Waals surface area contributed by atoms with E-state index in [1.807, 2.05) is 0 Å². The van der Waals surface area contributed by atoms with E-state index < -0.39 is 11.7 Å². The van der Waals surface area contributed by atoms with Crippen molar-refractivity contribution in [1.82, 2.24) is 15.0 Å². The van der Waals surface area contributed by atoms with Crippen molar-refractivity contribution >= 4 is 11.6 Å². The fourth-order valence-electron chi connectivity index (χ4n) is 2.09. The third-order valence-corrected chi connectivity index (χ3v) is 3.42. The van der Waals surface area contributed by atoms with Crippen LogP contribution in [0.1, 0.15) is 11.3 Å². The summed E-state index contributed by atoms with van der Waals surface area (Å²) in [7, 11) is 0. The molecule has 0 radical (unpaired) electrons. The molecule has 8 heteroatoms. The molecule has 0 fully saturated rings. The lowest BCUT2D eigenvalue weighted by Crippen LogP contribution is -2.04. The van der Waals surface area contributed by atoms with Gasteiger partial charge in [0.15, 0.2) is 5.82 Å². The maximum Gasteiger partial charge on any atom is 0.416 e. The van der Waals surface area contributed by atoms with E-state index in [9.17, 15) is 13.2 Å². The van der Waals surface area contributed by atoms with E-state index in [1.165, 1.54) is 24.4 Å². The van der Waals surface area contributed by atoms with Gasteiger partial charge in [-0.3, -0.25) is 0 Å². The highest BCUT2D eigenvalue weighted by molar-refractivity contribution is 6.29. The number of aromatic nitrogens is 3. The molecule has 25 heavy (non-hydrogen) atoms. The van der Waals surface area contributed by atoms with Crippen LogP contribution in [-0.2, 0) is 6.18 Å². The van der Waals surface area contributed by atoms with Gasteiger partial charge in [-0.05, 0) is 37.3 Å². The standard InChI is InChI=1S/C17H11ClF3N3O/c1-10-7-15(24-16(23-10)11-5-6-14(18)22-9-11)25-13-4-2-3-12(8-13)17(19,20)21/h2-9H,1H3. The summed E-state index contributed by atoms with van der Waals surface area (Å²) >= 11 is 5.75. The van der Waals surface area contributed by atoms with E-state index >= 15 is 0 Å². The molecule has 2 aromatic heterocycles. The minimum atomic E-state index is -4.44. The van der Waals surface area contributed by atoms with Crippen LogP contribution < -0.4 is 4.74 Å². The number of hydrogen-bond donors (Lipinski definition) is 0. The summed E-state index contributed by atoms with van der Waals surface area (Å²) in [6, 6.07) is 9.41. The van der Waals surface area contributed by atoms with Gasteiger partial charge in [-0.15, -0.1) is 0 Å². The molecule has 3 aromatic rings. The van der Waals surface area contributed by atoms with Crippen LogP contribution in [0.3, 0.4) is 0 Å². The van der Waals surface area contributed by atoms with Crippen molar-refractivity contribution in [2.45, 2.75) is 13.1 Å². The zero-order valence-corrected chi connectivity index (χ0v) is 13.6. The first-order valence-corrected chi connectivity index (χ1v) is 7.52. The number of halogens is 4. The predicted molar refractivity (Wildman–Crippen MR) is 86.5 cm³/mol. The molecule has 3 rings (SSSR count). The van der Waals surface area contributed by atoms with Gasteiger partial charge in [0.05, 0.1) is 5.56 Å². The molecule has 0 atom stereocenters. The van der Waals surface area contributed by atoms with Crippen LogP contribution in [-0.4, -0.2) is 15.0 Å². The van der Waals surface area contributed by atoms with Crippen LogP contribution in [0.4, 0.5) is 13.2 Å². The van der Waals surface area contributed by atoms with Gasteiger partial charge in [0.25, 0.3) is 0 Å². The van der Waals surface area contributed by atoms with Crippen molar-refractivity contribution in [2.75, 3.05) is 0 Å². The summed E-state index contributed by atoms with van der Waals surface area (Å²) in [6.45, 7) is 1.73. The molecular formula is C17H11ClF3N3O. The Morgan fingerprint density at radius 2 is 1.84 bits per heavy atom. The molecule has 0 spiro atoms. The molecule has 0 bridgehead atoms. The number of ether oxygens (including phenoxy) is 1. The van der Waals surface area contributed by atoms with E-state index in [2.05, 4.69) is 15.0 Å². The lowest BCUT2D eigenvalue weighted by Gasteiger charge is -2.10. The average Bonchev–Trinajstić information content (AvgIpc) is 2.54. The summed E-state index contributed by atoms with van der Waals surface area (Å²) in [6.07, 6.45) is -2.94. The monoisotopic (exact) mass is 365 g/mol. The van der Waals surface area contributed by atoms with Gasteiger partial charge >= 0.3 is 6.18 Å². The molecule has 0 aliphatic heterocycles. The molecule has 1 aromatic carbocycles. The zero-order chi connectivity index (χ0) is 18.0. The number of rotatable bonds is 3. The normalized spacial score (nSPS) is 11.4. The summed E-state index contributed by atoms with van der Waals surface area (Å²) in [4.78, 5) is 12.5. The first-order valence-electron chi connectivity index (χ1n) is 7.14. The van der Waals surface area contributed by atoms with Gasteiger partial charge in [-0.25, -0.2) is 9.97 Å². The van der Waals surface area contributed by atoms with Crippen LogP contribution in [0, 0.1) is 6.92 Å². The molecule has 0 unspecified atom stereocenters. The van der Waals surface area contributed by atoms with Gasteiger partial charge < -0.3 is 4.74 Å². The smallest absolute Gasteiger partial charge is 0.416 e. The number of aryl methyl sites for hydroxylation is 1. The second-order valence-corrected chi connectivity index (χ2v) is 5.56. The van der Waals surface area contributed by atoms with E-state index in [0.29, 0.717) is 22.2 Å². The Labute approximate surface area is 146 Å². The van der Waals surface area contributed by atoms with Crippen molar-refractivity contribution in [1.29, 1.82) is 0 Å². The molecule has 4 nitrogen and oxygen atoms in total. The van der Waals surface area contributed by atoms with Crippen LogP contribution in [0.15, 0.2) is 48.7 Å². The summed E-state index contributed by atoms with van der Waals surface area (Å²) < 4.78 is 43.9. The Bertz CT molecular complexity index is 898. The first kappa shape index (κ1) is 17.2. The Kier molecular flexibility index (Phi) is 4.59. The average molecular weight is 366 g/mol. The van der Waals surface area contributed by atoms with Gasteiger partial charge in [0, 0.05) is 23.5 Å². The van der Waals surface area contributed by atoms with Gasteiger partial charge in [0.1, 0.15) is 10.9 Å². The molecule has 0 saturated carbocycles. The molecule has 2 heterocycles. The molecule has 0 N–H and O–H groups in total. The second-order valence-electron chi connectivity index (χ2n) is 5.17. The quantitative estimate of drug-likeness (QED) is 0.590. The lowest BCUT2D eigenvalue weighted by atomic mass is 10.2. The second kappa shape index (κ2) is 6.68. The summed E-state index contributed by atoms with van der Waals surface area (Å²) in [5, 5.41) is 0.330. The minimum Gasteiger partial charge on any atom is -0.439 e. The SMILES string of the molecule is Cc1cc(Oc2cccc(C(F)(F)F)c2)nc(-c2ccc(Cl)nc2)n1. The molecule has 128 valence electrons. The molecular weight excluding hydrogens is 355 g/mol. The van der Waals surface area contributed by atoms with Crippen LogP contribution in [0.25, 0.3) is 11.4 Å². The van der Waals surface area contributed by atoms with Crippen LogP contribution in [0.5, 0.6) is 11.6 Å². The highest BCUT2D eigenvalue weighted by Gasteiger charge is 2.30. The summed E-state index contributed by atoms with van der Waals surface area (Å²) in [5.41, 5.74) is 0.418. The number of nitrogens with zero attached hydrogens (tertiary/aromatic N) is 3. The van der Waals surface area contributed by atoms with Gasteiger partial charge in [0.2, 0.25) is 5.88 Å². The van der Waals surface area contributed by atoms with Crippen molar-refractivity contribution in [2.24, 2.45) is 0 Å². The topological polar surface area (TPSA) is 47.9 Å². The molecule has 0 aliphatic carbocycles. The van der Waals surface area contributed by atoms with Crippen molar-refractivity contribution < 1.29 is 17.9 Å². The third kappa shape index (κ3) is 4.24. The number of hydrogen-bond acceptors (Lipinski definition) is 4. The highest BCUT2D eigenvalue weighted by atomic mass is 35.5. The fraction of sp³-hybridized carbons (Fsp3) is 0.118. The van der Waals surface area contributed by atoms with Gasteiger partial charge in [-0.1, -0.05) is 17.7 Å². The highest BCUT2D eigenvalue weighted by Crippen LogP contribution is 2.32. The largest absolute Gasteiger partial charge is 0.439 e. The first-order chi connectivity index (χ1) is 11.8. The van der Waals surface area contributed by atoms with Crippen molar-refractivity contribution in [3.05, 3.63) is 65.1 Å². The zero-order valence-electron chi connectivity index (χ0n) is 12.9. The predicted octanol–water partition coefficient (Wildman–Crippen LogP) is 5.31. The molecule has 0 aliphatic rings. The summed E-state index contributed by atoms with van der Waals surface area (Å²) in [5.74, 6) is 0.510. The van der Waals surface area contributed by atoms with E-state index in [0.717, 1.165) is 12.1 Å². The Balaban J connectivity index is 1.92. The Hall–Kier alpha value is -2.67. The molecule has 0 saturated heterocycles.